The number of aromatic nitrogens is 2. The quantitative estimate of drug-likeness (QED) is 0.797. The van der Waals surface area contributed by atoms with Gasteiger partial charge in [-0.1, -0.05) is 6.92 Å². The first-order valence-electron chi connectivity index (χ1n) is 8.52. The molecular weight excluding hydrogens is 262 g/mol. The molecule has 2 rings (SSSR count). The fourth-order valence-corrected chi connectivity index (χ4v) is 3.36. The highest BCUT2D eigenvalue weighted by atomic mass is 16.5. The normalized spacial score (nSPS) is 20.1. The number of nitrogens with zero attached hydrogens (tertiary/aromatic N) is 2. The fourth-order valence-electron chi connectivity index (χ4n) is 3.36. The highest BCUT2D eigenvalue weighted by Gasteiger charge is 2.18. The second-order valence-corrected chi connectivity index (χ2v) is 6.26. The number of hydrogen-bond acceptors (Lipinski definition) is 3. The molecule has 21 heavy (non-hydrogen) atoms. The first kappa shape index (κ1) is 16.5. The summed E-state index contributed by atoms with van der Waals surface area (Å²) in [6.45, 7) is 11.8. The van der Waals surface area contributed by atoms with Gasteiger partial charge in [0.2, 0.25) is 0 Å². The van der Waals surface area contributed by atoms with E-state index in [1.807, 2.05) is 0 Å². The molecule has 1 aliphatic heterocycles. The molecule has 1 aliphatic rings. The lowest BCUT2D eigenvalue weighted by molar-refractivity contribution is 0.101. The molecule has 4 heteroatoms. The molecule has 0 spiro atoms. The maximum Gasteiger partial charge on any atom is 0.0644 e. The summed E-state index contributed by atoms with van der Waals surface area (Å²) in [5, 5.41) is 8.31. The van der Waals surface area contributed by atoms with Gasteiger partial charge < -0.3 is 10.1 Å². The van der Waals surface area contributed by atoms with Crippen LogP contribution in [0.3, 0.4) is 0 Å². The second kappa shape index (κ2) is 7.95. The van der Waals surface area contributed by atoms with Crippen LogP contribution in [-0.2, 0) is 11.3 Å². The molecular formula is C17H31N3O. The van der Waals surface area contributed by atoms with E-state index in [0.717, 1.165) is 39.0 Å². The van der Waals surface area contributed by atoms with E-state index in [0.29, 0.717) is 12.1 Å². The first-order chi connectivity index (χ1) is 10.1. The summed E-state index contributed by atoms with van der Waals surface area (Å²) < 4.78 is 7.88. The van der Waals surface area contributed by atoms with Crippen molar-refractivity contribution in [2.75, 3.05) is 13.2 Å². The van der Waals surface area contributed by atoms with Crippen LogP contribution in [-0.4, -0.2) is 29.0 Å². The number of rotatable bonds is 8. The maximum absolute atomic E-state index is 5.69. The Hall–Kier alpha value is -0.870. The summed E-state index contributed by atoms with van der Waals surface area (Å²) in [7, 11) is 0. The van der Waals surface area contributed by atoms with Gasteiger partial charge >= 0.3 is 0 Å². The van der Waals surface area contributed by atoms with Crippen molar-refractivity contribution < 1.29 is 4.74 Å². The van der Waals surface area contributed by atoms with Gasteiger partial charge in [0.25, 0.3) is 0 Å². The minimum Gasteiger partial charge on any atom is -0.378 e. The van der Waals surface area contributed by atoms with Crippen LogP contribution in [0.4, 0.5) is 0 Å². The summed E-state index contributed by atoms with van der Waals surface area (Å²) >= 11 is 0. The van der Waals surface area contributed by atoms with Crippen molar-refractivity contribution in [3.8, 4) is 0 Å². The van der Waals surface area contributed by atoms with Crippen molar-refractivity contribution in [3.63, 3.8) is 0 Å². The predicted octanol–water partition coefficient (Wildman–Crippen LogP) is 3.52. The van der Waals surface area contributed by atoms with E-state index in [9.17, 15) is 0 Å². The molecule has 4 nitrogen and oxygen atoms in total. The zero-order valence-electron chi connectivity index (χ0n) is 14.1. The van der Waals surface area contributed by atoms with Crippen LogP contribution in [0.15, 0.2) is 0 Å². The Morgan fingerprint density at radius 2 is 2.24 bits per heavy atom. The molecule has 1 aromatic rings. The zero-order valence-corrected chi connectivity index (χ0v) is 14.1. The van der Waals surface area contributed by atoms with Crippen molar-refractivity contribution in [2.45, 2.75) is 78.5 Å². The number of nitrogens with one attached hydrogen (secondary N) is 1. The second-order valence-electron chi connectivity index (χ2n) is 6.26. The van der Waals surface area contributed by atoms with Crippen LogP contribution in [0.5, 0.6) is 0 Å². The van der Waals surface area contributed by atoms with E-state index in [2.05, 4.69) is 37.7 Å². The number of aryl methyl sites for hydroxylation is 2. The molecule has 0 bridgehead atoms. The molecule has 2 unspecified atom stereocenters. The van der Waals surface area contributed by atoms with Crippen molar-refractivity contribution in [2.24, 2.45) is 0 Å². The lowest BCUT2D eigenvalue weighted by atomic mass is 10.1. The van der Waals surface area contributed by atoms with Crippen molar-refractivity contribution in [1.82, 2.24) is 15.1 Å². The third-order valence-electron chi connectivity index (χ3n) is 4.49. The van der Waals surface area contributed by atoms with Gasteiger partial charge in [0, 0.05) is 30.5 Å². The van der Waals surface area contributed by atoms with Gasteiger partial charge in [-0.2, -0.15) is 5.10 Å². The average molecular weight is 293 g/mol. The molecule has 2 heterocycles. The minimum atomic E-state index is 0.386. The van der Waals surface area contributed by atoms with Crippen LogP contribution in [0, 0.1) is 13.8 Å². The van der Waals surface area contributed by atoms with Crippen molar-refractivity contribution in [1.29, 1.82) is 0 Å². The fraction of sp³-hybridized carbons (Fsp3) is 0.824. The molecule has 120 valence electrons. The van der Waals surface area contributed by atoms with Crippen LogP contribution in [0.25, 0.3) is 0 Å². The Balaban J connectivity index is 1.91. The summed E-state index contributed by atoms with van der Waals surface area (Å²) in [6.07, 6.45) is 6.44. The standard InChI is InChI=1S/C17H31N3O/c1-5-10-18-13(2)17-14(3)19-20(15(17)4)11-6-8-16-9-7-12-21-16/h13,16,18H,5-12H2,1-4H3. The van der Waals surface area contributed by atoms with Crippen LogP contribution >= 0.6 is 0 Å². The van der Waals surface area contributed by atoms with E-state index < -0.39 is 0 Å². The molecule has 1 fully saturated rings. The van der Waals surface area contributed by atoms with Crippen LogP contribution in [0.1, 0.15) is 68.9 Å². The summed E-state index contributed by atoms with van der Waals surface area (Å²) in [5.41, 5.74) is 3.86. The molecule has 0 aromatic carbocycles. The van der Waals surface area contributed by atoms with Gasteiger partial charge in [0.15, 0.2) is 0 Å². The minimum absolute atomic E-state index is 0.386. The SMILES string of the molecule is CCCNC(C)c1c(C)nn(CCCC2CCCO2)c1C. The van der Waals surface area contributed by atoms with Gasteiger partial charge in [-0.05, 0) is 59.4 Å². The van der Waals surface area contributed by atoms with Crippen LogP contribution < -0.4 is 5.32 Å². The average Bonchev–Trinajstić information content (AvgIpc) is 3.05. The molecule has 1 N–H and O–H groups in total. The molecule has 1 saturated heterocycles. The summed E-state index contributed by atoms with van der Waals surface area (Å²) in [4.78, 5) is 0. The monoisotopic (exact) mass is 293 g/mol. The molecule has 0 amide bonds. The van der Waals surface area contributed by atoms with E-state index in [-0.39, 0.29) is 0 Å². The maximum atomic E-state index is 5.69. The Kier molecular flexibility index (Phi) is 6.24. The zero-order chi connectivity index (χ0) is 15.2. The summed E-state index contributed by atoms with van der Waals surface area (Å²) in [5.74, 6) is 0. The predicted molar refractivity (Wildman–Crippen MR) is 86.6 cm³/mol. The third-order valence-corrected chi connectivity index (χ3v) is 4.49. The third kappa shape index (κ3) is 4.30. The smallest absolute Gasteiger partial charge is 0.0644 e. The Morgan fingerprint density at radius 1 is 1.43 bits per heavy atom. The highest BCUT2D eigenvalue weighted by Crippen LogP contribution is 2.22. The molecule has 0 aliphatic carbocycles. The Bertz CT molecular complexity index is 435. The van der Waals surface area contributed by atoms with Crippen molar-refractivity contribution in [3.05, 3.63) is 17.0 Å². The van der Waals surface area contributed by atoms with Crippen LogP contribution in [0.2, 0.25) is 0 Å². The van der Waals surface area contributed by atoms with Gasteiger partial charge in [0.1, 0.15) is 0 Å². The first-order valence-corrected chi connectivity index (χ1v) is 8.52. The summed E-state index contributed by atoms with van der Waals surface area (Å²) in [6, 6.07) is 0.386. The topological polar surface area (TPSA) is 39.1 Å². The molecule has 0 radical (unpaired) electrons. The van der Waals surface area contributed by atoms with E-state index in [1.165, 1.54) is 29.8 Å². The highest BCUT2D eigenvalue weighted by molar-refractivity contribution is 5.27. The van der Waals surface area contributed by atoms with E-state index in [4.69, 9.17) is 9.84 Å². The Morgan fingerprint density at radius 3 is 2.90 bits per heavy atom. The van der Waals surface area contributed by atoms with E-state index >= 15 is 0 Å². The van der Waals surface area contributed by atoms with Gasteiger partial charge in [0.05, 0.1) is 11.8 Å². The number of hydrogen-bond donors (Lipinski definition) is 1. The van der Waals surface area contributed by atoms with Gasteiger partial charge in [-0.15, -0.1) is 0 Å². The van der Waals surface area contributed by atoms with Crippen molar-refractivity contribution >= 4 is 0 Å². The Labute approximate surface area is 129 Å². The van der Waals surface area contributed by atoms with Gasteiger partial charge in [-0.3, -0.25) is 4.68 Å². The molecule has 1 aromatic heterocycles. The van der Waals surface area contributed by atoms with E-state index in [1.54, 1.807) is 0 Å². The number of ether oxygens (including phenoxy) is 1. The van der Waals surface area contributed by atoms with Gasteiger partial charge in [-0.25, -0.2) is 0 Å². The molecule has 0 saturated carbocycles. The largest absolute Gasteiger partial charge is 0.378 e. The molecule has 2 atom stereocenters. The lowest BCUT2D eigenvalue weighted by Gasteiger charge is -2.14. The lowest BCUT2D eigenvalue weighted by Crippen LogP contribution is -2.20.